The third-order valence-corrected chi connectivity index (χ3v) is 4.00. The summed E-state index contributed by atoms with van der Waals surface area (Å²) in [5.41, 5.74) is 1.61. The Morgan fingerprint density at radius 2 is 1.86 bits per heavy atom. The molecule has 0 radical (unpaired) electrons. The van der Waals surface area contributed by atoms with Gasteiger partial charge in [-0.3, -0.25) is 0 Å². The molecule has 22 heavy (non-hydrogen) atoms. The first-order valence-electron chi connectivity index (χ1n) is 8.08. The molecule has 120 valence electrons. The van der Waals surface area contributed by atoms with E-state index in [1.54, 1.807) is 6.07 Å². The first-order chi connectivity index (χ1) is 10.8. The number of halogens is 1. The third-order valence-electron chi connectivity index (χ3n) is 4.00. The normalized spacial score (nSPS) is 23.3. The van der Waals surface area contributed by atoms with Crippen molar-refractivity contribution in [3.05, 3.63) is 29.6 Å². The molecule has 2 saturated heterocycles. The SMILES string of the molecule is Fc1ccc(B2OCCCCO2)c(COC2CCCCO2)c1. The van der Waals surface area contributed by atoms with Crippen LogP contribution in [0, 0.1) is 5.82 Å². The van der Waals surface area contributed by atoms with Crippen LogP contribution in [-0.2, 0) is 25.4 Å². The molecule has 1 atom stereocenters. The Hall–Kier alpha value is -0.945. The van der Waals surface area contributed by atoms with Crippen LogP contribution in [0.5, 0.6) is 0 Å². The number of benzene rings is 1. The Morgan fingerprint density at radius 1 is 1.09 bits per heavy atom. The van der Waals surface area contributed by atoms with Crippen LogP contribution in [-0.4, -0.2) is 33.2 Å². The van der Waals surface area contributed by atoms with Gasteiger partial charge in [-0.1, -0.05) is 6.07 Å². The Bertz CT molecular complexity index is 471. The summed E-state index contributed by atoms with van der Waals surface area (Å²) in [7, 11) is -0.436. The number of hydrogen-bond acceptors (Lipinski definition) is 4. The van der Waals surface area contributed by atoms with Gasteiger partial charge in [0.05, 0.1) is 6.61 Å². The number of hydrogen-bond donors (Lipinski definition) is 0. The van der Waals surface area contributed by atoms with Crippen molar-refractivity contribution in [2.24, 2.45) is 0 Å². The molecule has 0 bridgehead atoms. The van der Waals surface area contributed by atoms with E-state index in [-0.39, 0.29) is 12.1 Å². The maximum Gasteiger partial charge on any atom is 0.494 e. The molecule has 2 fully saturated rings. The van der Waals surface area contributed by atoms with Crippen molar-refractivity contribution in [2.75, 3.05) is 19.8 Å². The summed E-state index contributed by atoms with van der Waals surface area (Å²) in [5.74, 6) is -0.277. The maximum absolute atomic E-state index is 13.6. The summed E-state index contributed by atoms with van der Waals surface area (Å²) >= 11 is 0. The molecular formula is C16H22BFO4. The zero-order chi connectivity index (χ0) is 15.2. The predicted octanol–water partition coefficient (Wildman–Crippen LogP) is 2.39. The predicted molar refractivity (Wildman–Crippen MR) is 81.3 cm³/mol. The fourth-order valence-corrected chi connectivity index (χ4v) is 2.77. The molecule has 4 nitrogen and oxygen atoms in total. The molecule has 1 aromatic rings. The van der Waals surface area contributed by atoms with Crippen molar-refractivity contribution in [3.8, 4) is 0 Å². The summed E-state index contributed by atoms with van der Waals surface area (Å²) in [6, 6.07) is 4.66. The van der Waals surface area contributed by atoms with Crippen LogP contribution >= 0.6 is 0 Å². The van der Waals surface area contributed by atoms with Gasteiger partial charge in [0.2, 0.25) is 0 Å². The van der Waals surface area contributed by atoms with E-state index in [1.807, 2.05) is 0 Å². The van der Waals surface area contributed by atoms with Crippen molar-refractivity contribution in [1.29, 1.82) is 0 Å². The van der Waals surface area contributed by atoms with E-state index < -0.39 is 7.12 Å². The Labute approximate surface area is 131 Å². The van der Waals surface area contributed by atoms with E-state index >= 15 is 0 Å². The minimum atomic E-state index is -0.436. The van der Waals surface area contributed by atoms with Gasteiger partial charge in [-0.25, -0.2) is 4.39 Å². The Balaban J connectivity index is 1.69. The van der Waals surface area contributed by atoms with Crippen LogP contribution < -0.4 is 5.46 Å². The zero-order valence-corrected chi connectivity index (χ0v) is 12.8. The number of ether oxygens (including phenoxy) is 2. The zero-order valence-electron chi connectivity index (χ0n) is 12.8. The molecular weight excluding hydrogens is 286 g/mol. The van der Waals surface area contributed by atoms with E-state index in [9.17, 15) is 4.39 Å². The fraction of sp³-hybridized carbons (Fsp3) is 0.625. The van der Waals surface area contributed by atoms with Crippen molar-refractivity contribution < 1.29 is 23.2 Å². The van der Waals surface area contributed by atoms with E-state index in [0.29, 0.717) is 19.8 Å². The lowest BCUT2D eigenvalue weighted by molar-refractivity contribution is -0.168. The van der Waals surface area contributed by atoms with Gasteiger partial charge < -0.3 is 18.8 Å². The van der Waals surface area contributed by atoms with E-state index in [0.717, 1.165) is 49.7 Å². The monoisotopic (exact) mass is 308 g/mol. The molecule has 3 rings (SSSR count). The molecule has 0 aliphatic carbocycles. The first kappa shape index (κ1) is 15.9. The molecule has 0 spiro atoms. The highest BCUT2D eigenvalue weighted by Gasteiger charge is 2.27. The average molecular weight is 308 g/mol. The third kappa shape index (κ3) is 4.29. The minimum Gasteiger partial charge on any atom is -0.407 e. The second-order valence-electron chi connectivity index (χ2n) is 5.73. The molecule has 0 N–H and O–H groups in total. The summed E-state index contributed by atoms with van der Waals surface area (Å²) in [6.45, 7) is 2.36. The Kier molecular flexibility index (Phi) is 5.84. The quantitative estimate of drug-likeness (QED) is 0.800. The van der Waals surface area contributed by atoms with Crippen LogP contribution in [0.25, 0.3) is 0 Å². The maximum atomic E-state index is 13.6. The van der Waals surface area contributed by atoms with Gasteiger partial charge in [-0.05, 0) is 55.3 Å². The topological polar surface area (TPSA) is 36.9 Å². The van der Waals surface area contributed by atoms with Gasteiger partial charge in [0.1, 0.15) is 5.82 Å². The van der Waals surface area contributed by atoms with Crippen LogP contribution in [0.2, 0.25) is 0 Å². The standard InChI is InChI=1S/C16H22BFO4/c18-14-6-7-15(17-21-9-3-4-10-22-17)13(11-14)12-20-16-5-1-2-8-19-16/h6-7,11,16H,1-5,8-10,12H2. The van der Waals surface area contributed by atoms with Crippen LogP contribution in [0.1, 0.15) is 37.7 Å². The average Bonchev–Trinajstić information content (AvgIpc) is 2.83. The Morgan fingerprint density at radius 3 is 2.59 bits per heavy atom. The highest BCUT2D eigenvalue weighted by Crippen LogP contribution is 2.16. The van der Waals surface area contributed by atoms with Gasteiger partial charge in [0.25, 0.3) is 0 Å². The molecule has 0 saturated carbocycles. The molecule has 6 heteroatoms. The highest BCUT2D eigenvalue weighted by atomic mass is 19.1. The van der Waals surface area contributed by atoms with Crippen molar-refractivity contribution >= 4 is 12.6 Å². The van der Waals surface area contributed by atoms with Crippen molar-refractivity contribution in [3.63, 3.8) is 0 Å². The lowest BCUT2D eigenvalue weighted by atomic mass is 9.76. The van der Waals surface area contributed by atoms with Gasteiger partial charge in [-0.15, -0.1) is 0 Å². The minimum absolute atomic E-state index is 0.194. The highest BCUT2D eigenvalue weighted by molar-refractivity contribution is 6.61. The van der Waals surface area contributed by atoms with Crippen molar-refractivity contribution in [1.82, 2.24) is 0 Å². The molecule has 0 amide bonds. The van der Waals surface area contributed by atoms with Gasteiger partial charge in [-0.2, -0.15) is 0 Å². The van der Waals surface area contributed by atoms with Gasteiger partial charge in [0.15, 0.2) is 6.29 Å². The largest absolute Gasteiger partial charge is 0.494 e. The summed E-state index contributed by atoms with van der Waals surface area (Å²) in [4.78, 5) is 0. The first-order valence-corrected chi connectivity index (χ1v) is 8.08. The molecule has 1 unspecified atom stereocenters. The van der Waals surface area contributed by atoms with Gasteiger partial charge >= 0.3 is 7.12 Å². The van der Waals surface area contributed by atoms with E-state index in [2.05, 4.69) is 0 Å². The van der Waals surface area contributed by atoms with Crippen LogP contribution in [0.4, 0.5) is 4.39 Å². The molecule has 1 aromatic carbocycles. The molecule has 2 aliphatic rings. The van der Waals surface area contributed by atoms with Crippen LogP contribution in [0.3, 0.4) is 0 Å². The molecule has 2 heterocycles. The van der Waals surface area contributed by atoms with E-state index in [4.69, 9.17) is 18.8 Å². The van der Waals surface area contributed by atoms with Crippen LogP contribution in [0.15, 0.2) is 18.2 Å². The molecule has 2 aliphatic heterocycles. The second kappa shape index (κ2) is 8.06. The lowest BCUT2D eigenvalue weighted by Gasteiger charge is -2.23. The molecule has 0 aromatic heterocycles. The number of rotatable bonds is 4. The van der Waals surface area contributed by atoms with Crippen molar-refractivity contribution in [2.45, 2.75) is 45.0 Å². The summed E-state index contributed by atoms with van der Waals surface area (Å²) in [5, 5.41) is 0. The lowest BCUT2D eigenvalue weighted by Crippen LogP contribution is -2.39. The van der Waals surface area contributed by atoms with E-state index in [1.165, 1.54) is 12.1 Å². The van der Waals surface area contributed by atoms with Gasteiger partial charge in [0, 0.05) is 19.8 Å². The summed E-state index contributed by atoms with van der Waals surface area (Å²) < 4.78 is 36.4. The smallest absolute Gasteiger partial charge is 0.407 e. The summed E-state index contributed by atoms with van der Waals surface area (Å²) in [6.07, 6.45) is 4.85. The second-order valence-corrected chi connectivity index (χ2v) is 5.73. The fourth-order valence-electron chi connectivity index (χ4n) is 2.77.